The summed E-state index contributed by atoms with van der Waals surface area (Å²) in [6.07, 6.45) is 7.22. The summed E-state index contributed by atoms with van der Waals surface area (Å²) in [5, 5.41) is 16.2. The van der Waals surface area contributed by atoms with Crippen LogP contribution in [0.1, 0.15) is 29.7 Å². The van der Waals surface area contributed by atoms with Crippen molar-refractivity contribution in [1.29, 1.82) is 0 Å². The number of halogens is 3. The van der Waals surface area contributed by atoms with Crippen LogP contribution in [-0.4, -0.2) is 83.8 Å². The first-order chi connectivity index (χ1) is 23.9. The number of nitrogens with one attached hydrogen (secondary N) is 1. The number of benzene rings is 1. The summed E-state index contributed by atoms with van der Waals surface area (Å²) in [4.78, 5) is 53.4. The molecule has 3 aliphatic rings. The molecule has 50 heavy (non-hydrogen) atoms. The molecular formula is C30H28Cl2FN10O5S2+. The molecule has 15 nitrogen and oxygen atoms in total. The van der Waals surface area contributed by atoms with Crippen molar-refractivity contribution < 1.29 is 33.3 Å². The summed E-state index contributed by atoms with van der Waals surface area (Å²) in [5.74, 6) is -2.66. The van der Waals surface area contributed by atoms with Crippen LogP contribution in [0, 0.1) is 5.82 Å². The van der Waals surface area contributed by atoms with Crippen molar-refractivity contribution in [3.05, 3.63) is 80.1 Å². The molecule has 2 amide bonds. The van der Waals surface area contributed by atoms with Crippen molar-refractivity contribution in [3.63, 3.8) is 0 Å². The number of oxime groups is 1. The molecule has 1 saturated heterocycles. The van der Waals surface area contributed by atoms with Crippen molar-refractivity contribution in [1.82, 2.24) is 24.4 Å². The lowest BCUT2D eigenvalue weighted by Crippen LogP contribution is -2.71. The summed E-state index contributed by atoms with van der Waals surface area (Å²) in [6.45, 7) is 0.262. The van der Waals surface area contributed by atoms with Crippen LogP contribution in [0.5, 0.6) is 0 Å². The highest BCUT2D eigenvalue weighted by atomic mass is 35.5. The van der Waals surface area contributed by atoms with E-state index in [0.717, 1.165) is 24.2 Å². The van der Waals surface area contributed by atoms with E-state index in [-0.39, 0.29) is 67.9 Å². The average Bonchev–Trinajstić information content (AvgIpc) is 3.51. The smallest absolute Gasteiger partial charge is 0.352 e. The third kappa shape index (κ3) is 6.16. The van der Waals surface area contributed by atoms with Crippen LogP contribution in [0.3, 0.4) is 0 Å². The maximum Gasteiger partial charge on any atom is 0.352 e. The summed E-state index contributed by atoms with van der Waals surface area (Å²) in [5.41, 5.74) is 13.2. The second-order valence-corrected chi connectivity index (χ2v) is 14.8. The SMILES string of the molecule is CO/N=C(\C(=O)N[C@@H]1C(=O)N2C(C(=O)O)=C(Cn3ccc4n3cc[n+]4Cc3c(F)cc(C(N)=NC4CC4)cc3Cl)CS[C@H]12)c1nc(N)sc1Cl. The molecule has 2 fully saturated rings. The van der Waals surface area contributed by atoms with Gasteiger partial charge in [-0.05, 0) is 30.5 Å². The van der Waals surface area contributed by atoms with Crippen LogP contribution < -0.4 is 21.4 Å². The van der Waals surface area contributed by atoms with E-state index in [2.05, 4.69) is 20.4 Å². The third-order valence-electron chi connectivity index (χ3n) is 8.34. The normalized spacial score (nSPS) is 19.5. The van der Waals surface area contributed by atoms with Crippen molar-refractivity contribution in [2.24, 2.45) is 15.9 Å². The van der Waals surface area contributed by atoms with E-state index in [1.807, 2.05) is 6.07 Å². The van der Waals surface area contributed by atoms with Crippen LogP contribution in [0.25, 0.3) is 5.65 Å². The van der Waals surface area contributed by atoms with Crippen molar-refractivity contribution in [3.8, 4) is 0 Å². The minimum Gasteiger partial charge on any atom is -0.477 e. The second-order valence-electron chi connectivity index (χ2n) is 11.6. The van der Waals surface area contributed by atoms with Gasteiger partial charge in [0.1, 0.15) is 58.6 Å². The molecule has 20 heteroatoms. The maximum atomic E-state index is 15.3. The number of anilines is 1. The number of thioether (sulfide) groups is 1. The number of nitrogens with zero attached hydrogens (tertiary/aromatic N) is 7. The Hall–Kier alpha value is -4.65. The number of carboxylic acids is 1. The highest BCUT2D eigenvalue weighted by Crippen LogP contribution is 2.41. The van der Waals surface area contributed by atoms with E-state index in [9.17, 15) is 19.5 Å². The number of amides is 2. The average molecular weight is 763 g/mol. The van der Waals surface area contributed by atoms with Gasteiger partial charge in [-0.1, -0.05) is 39.7 Å². The van der Waals surface area contributed by atoms with Gasteiger partial charge in [-0.3, -0.25) is 19.5 Å². The highest BCUT2D eigenvalue weighted by Gasteiger charge is 2.54. The topological polar surface area (TPSA) is 199 Å². The molecule has 0 bridgehead atoms. The molecule has 2 atom stereocenters. The zero-order valence-electron chi connectivity index (χ0n) is 26.0. The van der Waals surface area contributed by atoms with E-state index >= 15 is 4.39 Å². The van der Waals surface area contributed by atoms with Crippen LogP contribution in [0.15, 0.2) is 58.2 Å². The van der Waals surface area contributed by atoms with Crippen LogP contribution in [0.2, 0.25) is 9.36 Å². The van der Waals surface area contributed by atoms with Gasteiger partial charge in [0.25, 0.3) is 11.8 Å². The first-order valence-electron chi connectivity index (χ1n) is 15.1. The molecule has 6 N–H and O–H groups in total. The van der Waals surface area contributed by atoms with Crippen molar-refractivity contribution in [2.75, 3.05) is 18.6 Å². The van der Waals surface area contributed by atoms with E-state index < -0.39 is 35.0 Å². The van der Waals surface area contributed by atoms with Crippen LogP contribution in [-0.2, 0) is 32.3 Å². The number of hydrogen-bond acceptors (Lipinski definition) is 10. The van der Waals surface area contributed by atoms with Gasteiger partial charge in [-0.2, -0.15) is 0 Å². The minimum atomic E-state index is -1.28. The fourth-order valence-electron chi connectivity index (χ4n) is 5.81. The van der Waals surface area contributed by atoms with Gasteiger partial charge in [0.15, 0.2) is 17.0 Å². The Bertz CT molecular complexity index is 2150. The minimum absolute atomic E-state index is 0.00309. The number of nitrogen functional groups attached to an aromatic ring is 1. The van der Waals surface area contributed by atoms with Gasteiger partial charge in [0, 0.05) is 16.9 Å². The Labute approximate surface area is 300 Å². The summed E-state index contributed by atoms with van der Waals surface area (Å²) >= 11 is 14.9. The number of rotatable bonds is 11. The zero-order chi connectivity index (χ0) is 35.4. The monoisotopic (exact) mass is 761 g/mol. The quantitative estimate of drug-likeness (QED) is 0.0582. The molecule has 0 radical (unpaired) electrons. The Morgan fingerprint density at radius 1 is 1.28 bits per heavy atom. The molecule has 0 spiro atoms. The fraction of sp³-hybridized carbons (Fsp3) is 0.300. The number of carbonyl (C=O) groups excluding carboxylic acids is 2. The number of aliphatic imine (C=N–C) groups is 1. The molecular weight excluding hydrogens is 734 g/mol. The maximum absolute atomic E-state index is 15.3. The number of aromatic nitrogens is 4. The Balaban J connectivity index is 1.08. The number of fused-ring (bicyclic) bond motifs is 2. The Kier molecular flexibility index (Phi) is 8.96. The number of carboxylic acid groups (broad SMARTS) is 1. The van der Waals surface area contributed by atoms with E-state index in [1.54, 1.807) is 38.4 Å². The molecule has 1 aromatic carbocycles. The predicted octanol–water partition coefficient (Wildman–Crippen LogP) is 2.22. The highest BCUT2D eigenvalue weighted by molar-refractivity contribution is 8.00. The number of nitrogens with two attached hydrogens (primary N) is 2. The number of thiazole rings is 1. The van der Waals surface area contributed by atoms with Crippen LogP contribution in [0.4, 0.5) is 9.52 Å². The van der Waals surface area contributed by atoms with Gasteiger partial charge in [0.2, 0.25) is 0 Å². The molecule has 0 unspecified atom stereocenters. The molecule has 3 aromatic heterocycles. The summed E-state index contributed by atoms with van der Waals surface area (Å²) in [6, 6.07) is 3.90. The largest absolute Gasteiger partial charge is 0.477 e. The van der Waals surface area contributed by atoms with E-state index in [4.69, 9.17) is 39.5 Å². The molecule has 5 heterocycles. The first kappa shape index (κ1) is 33.8. The van der Waals surface area contributed by atoms with Gasteiger partial charge < -0.3 is 26.7 Å². The van der Waals surface area contributed by atoms with E-state index in [1.165, 1.54) is 29.8 Å². The zero-order valence-corrected chi connectivity index (χ0v) is 29.2. The Morgan fingerprint density at radius 3 is 2.72 bits per heavy atom. The van der Waals surface area contributed by atoms with Gasteiger partial charge >= 0.3 is 11.6 Å². The molecule has 260 valence electrons. The lowest BCUT2D eigenvalue weighted by molar-refractivity contribution is -0.662. The fourth-order valence-corrected chi connectivity index (χ4v) is 8.34. The molecule has 2 aliphatic heterocycles. The summed E-state index contributed by atoms with van der Waals surface area (Å²) < 4.78 is 20.7. The standard InChI is InChI=1S/C30H27Cl2FN10O5S2/c1-48-39-21(20-24(32)50-30(35)38-20)26(44)37-22-27(45)43-23(29(46)47)14(12-49-28(22)43)10-41-5-4-19-40(6-7-42(19)41)11-16-17(31)8-13(9-18(16)33)25(34)36-15-2-3-15/h4-9,15,22,28H,2-3,10-12H2,1H3,(H5-,34,35,36,37,38,44,46,47)/p+1/b39-21-/t22-,28-/m1/s1. The number of aliphatic carboxylic acids is 1. The lowest BCUT2D eigenvalue weighted by atomic mass is 10.0. The first-order valence-corrected chi connectivity index (χ1v) is 17.7. The number of amidine groups is 1. The van der Waals surface area contributed by atoms with Gasteiger partial charge in [-0.25, -0.2) is 23.4 Å². The number of β-lactam (4-membered cyclic amide) rings is 1. The number of carbonyl (C=O) groups is 3. The predicted molar refractivity (Wildman–Crippen MR) is 185 cm³/mol. The number of hydrogen-bond donors (Lipinski definition) is 4. The van der Waals surface area contributed by atoms with Gasteiger partial charge in [-0.15, -0.1) is 16.3 Å². The number of imidazole rings is 1. The lowest BCUT2D eigenvalue weighted by Gasteiger charge is -2.49. The Morgan fingerprint density at radius 2 is 2.06 bits per heavy atom. The molecule has 1 saturated carbocycles. The second kappa shape index (κ2) is 13.2. The third-order valence-corrected chi connectivity index (χ3v) is 11.1. The molecule has 1 aliphatic carbocycles. The van der Waals surface area contributed by atoms with Crippen molar-refractivity contribution >= 4 is 86.4 Å². The molecule has 7 rings (SSSR count). The summed E-state index contributed by atoms with van der Waals surface area (Å²) in [7, 11) is 1.23. The van der Waals surface area contributed by atoms with Crippen LogP contribution >= 0.6 is 46.3 Å². The molecule has 4 aromatic rings. The van der Waals surface area contributed by atoms with Gasteiger partial charge in [0.05, 0.1) is 29.9 Å². The van der Waals surface area contributed by atoms with E-state index in [0.29, 0.717) is 16.8 Å². The van der Waals surface area contributed by atoms with Crippen molar-refractivity contribution in [2.45, 2.75) is 43.4 Å².